The summed E-state index contributed by atoms with van der Waals surface area (Å²) in [7, 11) is -4.08. The standard InChI is InChI=1S/C47H52N2O6S/c1-34(50)19-9-8-16-30-48-39-28-26-35-20-12-14-22-37(35)44(39)46(2,3)41(48)24-10-6-5-7-11-25-42-47(4,33-43(51)52)45-38-23-15-13-21-36(38)27-29-40(45)49(42)31-17-18-32-56(53,54)55/h5-7,10-15,20-29H,8-9,16-19,30-33H2,1-4H3,(H-,51,52,53,54,55)/p+1. The van der Waals surface area contributed by atoms with E-state index in [1.165, 1.54) is 27.7 Å². The molecule has 0 spiro atoms. The van der Waals surface area contributed by atoms with Crippen molar-refractivity contribution in [3.8, 4) is 0 Å². The van der Waals surface area contributed by atoms with Crippen molar-refractivity contribution in [3.05, 3.63) is 132 Å². The number of nitrogens with zero attached hydrogens (tertiary/aromatic N) is 2. The van der Waals surface area contributed by atoms with Crippen LogP contribution in [0.5, 0.6) is 0 Å². The SMILES string of the molecule is CC(=O)CCCCC[N+]1=C(C=CC=CC=CC=C2N(CCCCS(=O)(=O)O)c3ccc4ccccc4c3C2(C)CC(=O)O)C(C)(C)c2c1ccc1ccccc21. The Hall–Kier alpha value is -5.12. The topological polar surface area (TPSA) is 115 Å². The number of anilines is 1. The summed E-state index contributed by atoms with van der Waals surface area (Å²) in [6.45, 7) is 9.53. The Morgan fingerprint density at radius 1 is 0.768 bits per heavy atom. The van der Waals surface area contributed by atoms with E-state index in [9.17, 15) is 27.7 Å². The lowest BCUT2D eigenvalue weighted by molar-refractivity contribution is -0.438. The normalized spacial score (nSPS) is 18.7. The molecule has 0 fully saturated rings. The summed E-state index contributed by atoms with van der Waals surface area (Å²) < 4.78 is 34.7. The van der Waals surface area contributed by atoms with Crippen LogP contribution in [-0.4, -0.2) is 59.0 Å². The molecule has 292 valence electrons. The van der Waals surface area contributed by atoms with E-state index < -0.39 is 21.5 Å². The van der Waals surface area contributed by atoms with Gasteiger partial charge in [0.2, 0.25) is 5.69 Å². The van der Waals surface area contributed by atoms with E-state index in [1.807, 2.05) is 73.7 Å². The maximum Gasteiger partial charge on any atom is 0.304 e. The number of carboxylic acid groups (broad SMARTS) is 1. The number of ketones is 1. The molecule has 6 rings (SSSR count). The average molecular weight is 774 g/mol. The van der Waals surface area contributed by atoms with E-state index in [0.29, 0.717) is 19.4 Å². The van der Waals surface area contributed by atoms with Crippen molar-refractivity contribution < 1.29 is 32.2 Å². The molecule has 0 aliphatic carbocycles. The van der Waals surface area contributed by atoms with Gasteiger partial charge < -0.3 is 14.8 Å². The van der Waals surface area contributed by atoms with Crippen molar-refractivity contribution in [2.75, 3.05) is 23.7 Å². The van der Waals surface area contributed by atoms with E-state index in [-0.39, 0.29) is 29.8 Å². The van der Waals surface area contributed by atoms with Crippen LogP contribution in [0.3, 0.4) is 0 Å². The number of carbonyl (C=O) groups is 2. The largest absolute Gasteiger partial charge is 0.481 e. The average Bonchev–Trinajstić information content (AvgIpc) is 3.51. The second-order valence-electron chi connectivity index (χ2n) is 15.8. The van der Waals surface area contributed by atoms with E-state index in [0.717, 1.165) is 53.5 Å². The quantitative estimate of drug-likeness (QED) is 0.0475. The molecule has 1 atom stereocenters. The molecule has 0 amide bonds. The zero-order valence-electron chi connectivity index (χ0n) is 32.9. The van der Waals surface area contributed by atoms with E-state index >= 15 is 0 Å². The second kappa shape index (κ2) is 16.9. The number of unbranched alkanes of at least 4 members (excludes halogenated alkanes) is 3. The van der Waals surface area contributed by atoms with Crippen LogP contribution in [0.1, 0.15) is 83.8 Å². The highest BCUT2D eigenvalue weighted by Crippen LogP contribution is 2.53. The summed E-state index contributed by atoms with van der Waals surface area (Å²) in [4.78, 5) is 26.0. The van der Waals surface area contributed by atoms with Crippen LogP contribution in [-0.2, 0) is 30.5 Å². The zero-order chi connectivity index (χ0) is 40.1. The highest BCUT2D eigenvalue weighted by Gasteiger charge is 2.47. The highest BCUT2D eigenvalue weighted by atomic mass is 32.2. The minimum Gasteiger partial charge on any atom is -0.481 e. The van der Waals surface area contributed by atoms with Gasteiger partial charge in [-0.25, -0.2) is 0 Å². The summed E-state index contributed by atoms with van der Waals surface area (Å²) >= 11 is 0. The van der Waals surface area contributed by atoms with Gasteiger partial charge in [0.25, 0.3) is 10.1 Å². The Kier molecular flexibility index (Phi) is 12.3. The Morgan fingerprint density at radius 3 is 2.09 bits per heavy atom. The molecule has 8 nitrogen and oxygen atoms in total. The molecule has 56 heavy (non-hydrogen) atoms. The van der Waals surface area contributed by atoms with Crippen molar-refractivity contribution in [1.82, 2.24) is 0 Å². The first-order valence-electron chi connectivity index (χ1n) is 19.6. The first-order chi connectivity index (χ1) is 26.7. The molecule has 9 heteroatoms. The van der Waals surface area contributed by atoms with Gasteiger partial charge in [-0.3, -0.25) is 9.35 Å². The van der Waals surface area contributed by atoms with E-state index in [2.05, 4.69) is 71.9 Å². The number of carbonyl (C=O) groups excluding carboxylic acids is 1. The number of carboxylic acids is 1. The van der Waals surface area contributed by atoms with Crippen molar-refractivity contribution in [2.24, 2.45) is 0 Å². The van der Waals surface area contributed by atoms with Gasteiger partial charge in [0.15, 0.2) is 5.71 Å². The highest BCUT2D eigenvalue weighted by molar-refractivity contribution is 7.85. The Bertz CT molecular complexity index is 2420. The maximum absolute atomic E-state index is 12.4. The number of rotatable bonds is 17. The molecule has 1 unspecified atom stereocenters. The molecule has 0 bridgehead atoms. The van der Waals surface area contributed by atoms with Gasteiger partial charge in [-0.05, 0) is 98.7 Å². The van der Waals surface area contributed by atoms with E-state index in [1.54, 1.807) is 6.92 Å². The minimum atomic E-state index is -4.08. The predicted molar refractivity (Wildman–Crippen MR) is 228 cm³/mol. The lowest BCUT2D eigenvalue weighted by atomic mass is 9.76. The van der Waals surface area contributed by atoms with Crippen LogP contribution in [0.4, 0.5) is 11.4 Å². The molecule has 2 heterocycles. The van der Waals surface area contributed by atoms with Gasteiger partial charge in [-0.1, -0.05) is 85.0 Å². The zero-order valence-corrected chi connectivity index (χ0v) is 33.7. The lowest BCUT2D eigenvalue weighted by Crippen LogP contribution is -2.31. The number of hydrogen-bond donors (Lipinski definition) is 2. The van der Waals surface area contributed by atoms with Crippen LogP contribution >= 0.6 is 0 Å². The molecular weight excluding hydrogens is 721 g/mol. The fraction of sp³-hybridized carbons (Fsp3) is 0.340. The maximum atomic E-state index is 12.4. The van der Waals surface area contributed by atoms with Crippen LogP contribution in [0.15, 0.2) is 121 Å². The van der Waals surface area contributed by atoms with Crippen molar-refractivity contribution in [3.63, 3.8) is 0 Å². The first kappa shape index (κ1) is 40.5. The van der Waals surface area contributed by atoms with Crippen LogP contribution in [0, 0.1) is 0 Å². The summed E-state index contributed by atoms with van der Waals surface area (Å²) in [6, 6.07) is 25.0. The molecule has 4 aromatic carbocycles. The Morgan fingerprint density at radius 2 is 1.41 bits per heavy atom. The summed E-state index contributed by atoms with van der Waals surface area (Å²) in [5, 5.41) is 14.7. The van der Waals surface area contributed by atoms with E-state index in [4.69, 9.17) is 0 Å². The number of aliphatic carboxylic acids is 1. The number of Topliss-reactive ketones (excluding diaryl/α,β-unsaturated/α-hetero) is 1. The molecular formula is C47H53N2O6S+. The fourth-order valence-corrected chi connectivity index (χ4v) is 9.32. The van der Waals surface area contributed by atoms with Gasteiger partial charge in [0.05, 0.1) is 17.6 Å². The van der Waals surface area contributed by atoms with Crippen LogP contribution < -0.4 is 4.90 Å². The number of hydrogen-bond acceptors (Lipinski definition) is 5. The second-order valence-corrected chi connectivity index (χ2v) is 17.3. The lowest BCUT2D eigenvalue weighted by Gasteiger charge is -2.29. The predicted octanol–water partition coefficient (Wildman–Crippen LogP) is 9.99. The third-order valence-corrected chi connectivity index (χ3v) is 12.1. The van der Waals surface area contributed by atoms with Crippen molar-refractivity contribution in [2.45, 2.75) is 83.5 Å². The van der Waals surface area contributed by atoms with Gasteiger partial charge in [0.1, 0.15) is 12.3 Å². The molecule has 2 aliphatic heterocycles. The number of fused-ring (bicyclic) bond motifs is 6. The summed E-state index contributed by atoms with van der Waals surface area (Å²) in [5.74, 6) is -1.00. The molecule has 4 aromatic rings. The molecule has 0 aromatic heterocycles. The van der Waals surface area contributed by atoms with Gasteiger partial charge in [-0.2, -0.15) is 13.0 Å². The smallest absolute Gasteiger partial charge is 0.304 e. The Balaban J connectivity index is 1.29. The van der Waals surface area contributed by atoms with Crippen LogP contribution in [0.25, 0.3) is 21.5 Å². The number of allylic oxidation sites excluding steroid dienone is 8. The third-order valence-electron chi connectivity index (χ3n) is 11.3. The monoisotopic (exact) mass is 773 g/mol. The Labute approximate surface area is 331 Å². The number of benzene rings is 4. The minimum absolute atomic E-state index is 0.118. The van der Waals surface area contributed by atoms with Crippen molar-refractivity contribution in [1.29, 1.82) is 0 Å². The molecule has 2 N–H and O–H groups in total. The van der Waals surface area contributed by atoms with Gasteiger partial charge >= 0.3 is 5.97 Å². The summed E-state index contributed by atoms with van der Waals surface area (Å²) in [6.07, 6.45) is 18.2. The fourth-order valence-electron chi connectivity index (χ4n) is 8.75. The summed E-state index contributed by atoms with van der Waals surface area (Å²) in [5.41, 5.74) is 5.37. The van der Waals surface area contributed by atoms with Crippen molar-refractivity contribution >= 4 is 60.5 Å². The molecule has 0 saturated heterocycles. The van der Waals surface area contributed by atoms with Gasteiger partial charge in [0, 0.05) is 53.9 Å². The third kappa shape index (κ3) is 8.64. The van der Waals surface area contributed by atoms with Gasteiger partial charge in [-0.15, -0.1) is 0 Å². The molecule has 0 radical (unpaired) electrons. The first-order valence-corrected chi connectivity index (χ1v) is 21.2. The molecule has 2 aliphatic rings. The molecule has 0 saturated carbocycles. The van der Waals surface area contributed by atoms with Crippen LogP contribution in [0.2, 0.25) is 0 Å².